The fourth-order valence-electron chi connectivity index (χ4n) is 4.15. The van der Waals surface area contributed by atoms with Crippen molar-refractivity contribution in [3.63, 3.8) is 0 Å². The fraction of sp³-hybridized carbons (Fsp3) is 1.00. The third-order valence-electron chi connectivity index (χ3n) is 6.08. The van der Waals surface area contributed by atoms with Crippen LogP contribution in [-0.4, -0.2) is 5.54 Å². The van der Waals surface area contributed by atoms with Crippen LogP contribution < -0.4 is 5.73 Å². The molecule has 0 aliphatic carbocycles. The molecule has 0 saturated heterocycles. The maximum absolute atomic E-state index is 6.92. The van der Waals surface area contributed by atoms with E-state index in [9.17, 15) is 0 Å². The van der Waals surface area contributed by atoms with Gasteiger partial charge in [-0.3, -0.25) is 0 Å². The SMILES string of the molecule is CCCCCCCCC(N)(CCCCCCCC)CCCCCCCC.I[IH]I. The molecule has 0 aliphatic rings. The second-order valence-electron chi connectivity index (χ2n) is 8.97. The van der Waals surface area contributed by atoms with Crippen LogP contribution in [0.2, 0.25) is 0 Å². The number of halogens is 3. The zero-order chi connectivity index (χ0) is 22.1. The van der Waals surface area contributed by atoms with E-state index >= 15 is 0 Å². The summed E-state index contributed by atoms with van der Waals surface area (Å²) in [6.07, 6.45) is 28.8. The van der Waals surface area contributed by atoms with E-state index in [1.165, 1.54) is 135 Å². The molecule has 0 aromatic rings. The summed E-state index contributed by atoms with van der Waals surface area (Å²) in [4.78, 5) is 0. The summed E-state index contributed by atoms with van der Waals surface area (Å²) in [5.74, 6) is 0. The molecule has 0 bridgehead atoms. The van der Waals surface area contributed by atoms with Gasteiger partial charge in [0.1, 0.15) is 0 Å². The molecule has 29 heavy (non-hydrogen) atoms. The molecular weight excluding hydrogens is 695 g/mol. The van der Waals surface area contributed by atoms with Crippen molar-refractivity contribution in [1.82, 2.24) is 0 Å². The van der Waals surface area contributed by atoms with Crippen LogP contribution in [-0.2, 0) is 0 Å². The topological polar surface area (TPSA) is 26.0 Å². The minimum absolute atomic E-state index is 0.139. The van der Waals surface area contributed by atoms with E-state index < -0.39 is 0 Å². The zero-order valence-corrected chi connectivity index (χ0v) is 26.7. The van der Waals surface area contributed by atoms with Crippen LogP contribution in [0.5, 0.6) is 0 Å². The van der Waals surface area contributed by atoms with E-state index in [4.69, 9.17) is 5.73 Å². The Hall–Kier alpha value is 2.15. The summed E-state index contributed by atoms with van der Waals surface area (Å²) in [7, 11) is 0. The standard InChI is InChI=1S/C25H53N.HI3/c1-4-7-10-13-16-19-22-25(26,23-20-17-14-11-8-5-2)24-21-18-15-12-9-6-3;1-3-2/h4-24,26H2,1-3H3;3H. The van der Waals surface area contributed by atoms with Crippen molar-refractivity contribution in [2.24, 2.45) is 5.73 Å². The third kappa shape index (κ3) is 28.1. The van der Waals surface area contributed by atoms with Crippen LogP contribution in [0, 0.1) is 0 Å². The molecule has 0 saturated carbocycles. The predicted molar refractivity (Wildman–Crippen MR) is 164 cm³/mol. The Morgan fingerprint density at radius 1 is 0.483 bits per heavy atom. The van der Waals surface area contributed by atoms with E-state index in [1.807, 2.05) is 0 Å². The van der Waals surface area contributed by atoms with E-state index in [-0.39, 0.29) is 5.54 Å². The molecule has 0 fully saturated rings. The van der Waals surface area contributed by atoms with Crippen molar-refractivity contribution in [1.29, 1.82) is 0 Å². The summed E-state index contributed by atoms with van der Waals surface area (Å²) in [6, 6.07) is 0. The van der Waals surface area contributed by atoms with E-state index in [2.05, 4.69) is 58.0 Å². The fourth-order valence-corrected chi connectivity index (χ4v) is 4.15. The molecule has 0 aromatic carbocycles. The molecule has 4 heteroatoms. The molecule has 0 spiro atoms. The Bertz CT molecular complexity index is 246. The van der Waals surface area contributed by atoms with E-state index in [0.717, 1.165) is 0 Å². The molecule has 0 heterocycles. The minimum atomic E-state index is 0.139. The van der Waals surface area contributed by atoms with Crippen LogP contribution in [0.4, 0.5) is 0 Å². The van der Waals surface area contributed by atoms with Crippen LogP contribution in [0.25, 0.3) is 0 Å². The first-order valence-electron chi connectivity index (χ1n) is 12.8. The monoisotopic (exact) mass is 749 g/mol. The Morgan fingerprint density at radius 2 is 0.690 bits per heavy atom. The first-order valence-corrected chi connectivity index (χ1v) is 26.4. The van der Waals surface area contributed by atoms with Gasteiger partial charge in [0.25, 0.3) is 0 Å². The number of unbranched alkanes of at least 4 members (excludes halogenated alkanes) is 15. The molecule has 1 nitrogen and oxygen atoms in total. The molecule has 180 valence electrons. The van der Waals surface area contributed by atoms with Gasteiger partial charge in [-0.05, 0) is 19.3 Å². The van der Waals surface area contributed by atoms with Crippen LogP contribution in [0.3, 0.4) is 0 Å². The van der Waals surface area contributed by atoms with Crippen molar-refractivity contribution in [2.75, 3.05) is 0 Å². The molecule has 0 rings (SSSR count). The summed E-state index contributed by atoms with van der Waals surface area (Å²) in [5.41, 5.74) is 7.06. The van der Waals surface area contributed by atoms with Crippen LogP contribution in [0.1, 0.15) is 156 Å². The second kappa shape index (κ2) is 28.2. The van der Waals surface area contributed by atoms with Gasteiger partial charge in [0, 0.05) is 5.54 Å². The predicted octanol–water partition coefficient (Wildman–Crippen LogP) is 11.3. The van der Waals surface area contributed by atoms with Crippen molar-refractivity contribution in [3.05, 3.63) is 0 Å². The summed E-state index contributed by atoms with van der Waals surface area (Å²) < 4.78 is 0. The molecule has 2 N–H and O–H groups in total. The Kier molecular flexibility index (Phi) is 32.4. The van der Waals surface area contributed by atoms with Gasteiger partial charge in [-0.25, -0.2) is 0 Å². The molecule has 0 amide bonds. The molecule has 0 unspecified atom stereocenters. The third-order valence-corrected chi connectivity index (χ3v) is 6.08. The van der Waals surface area contributed by atoms with Crippen molar-refractivity contribution in [2.45, 2.75) is 161 Å². The van der Waals surface area contributed by atoms with Crippen LogP contribution >= 0.6 is 50.5 Å². The van der Waals surface area contributed by atoms with Gasteiger partial charge in [0.05, 0.1) is 0 Å². The maximum atomic E-state index is 6.92. The van der Waals surface area contributed by atoms with Gasteiger partial charge >= 0.3 is 50.5 Å². The second-order valence-corrected chi connectivity index (χ2v) is 26.5. The van der Waals surface area contributed by atoms with Crippen LogP contribution in [0.15, 0.2) is 0 Å². The van der Waals surface area contributed by atoms with E-state index in [1.54, 1.807) is 0 Å². The summed E-state index contributed by atoms with van der Waals surface area (Å²) in [5, 5.41) is 0. The number of hydrogen-bond acceptors (Lipinski definition) is 1. The number of hydrogen-bond donors (Lipinski definition) is 1. The van der Waals surface area contributed by atoms with Gasteiger partial charge in [-0.2, -0.15) is 0 Å². The average Bonchev–Trinajstić information content (AvgIpc) is 2.71. The molecular formula is C25H54I3N. The number of rotatable bonds is 21. The first kappa shape index (κ1) is 33.3. The normalized spacial score (nSPS) is 11.5. The van der Waals surface area contributed by atoms with Crippen molar-refractivity contribution in [3.8, 4) is 0 Å². The average molecular weight is 749 g/mol. The molecule has 0 atom stereocenters. The van der Waals surface area contributed by atoms with Gasteiger partial charge in [0.15, 0.2) is 0 Å². The quantitative estimate of drug-likeness (QED) is 0.0918. The molecule has 0 aliphatic heterocycles. The molecule has 0 aromatic heterocycles. The van der Waals surface area contributed by atoms with Gasteiger partial charge in [0.2, 0.25) is 0 Å². The van der Waals surface area contributed by atoms with Gasteiger partial charge in [-0.15, -0.1) is 0 Å². The summed E-state index contributed by atoms with van der Waals surface area (Å²) >= 11 is 5.22. The Balaban J connectivity index is 0. The number of nitrogens with two attached hydrogens (primary N) is 1. The van der Waals surface area contributed by atoms with E-state index in [0.29, 0.717) is 13.3 Å². The zero-order valence-electron chi connectivity index (χ0n) is 20.1. The Morgan fingerprint density at radius 3 is 0.931 bits per heavy atom. The van der Waals surface area contributed by atoms with Gasteiger partial charge < -0.3 is 5.73 Å². The van der Waals surface area contributed by atoms with Crippen molar-refractivity contribution >= 4 is 50.5 Å². The van der Waals surface area contributed by atoms with Crippen molar-refractivity contribution < 1.29 is 0 Å². The van der Waals surface area contributed by atoms with Gasteiger partial charge in [-0.1, -0.05) is 136 Å². The first-order chi connectivity index (χ1) is 14.1. The molecule has 0 radical (unpaired) electrons. The summed E-state index contributed by atoms with van der Waals surface area (Å²) in [6.45, 7) is 6.89. The Labute approximate surface area is 215 Å².